The van der Waals surface area contributed by atoms with E-state index < -0.39 is 11.6 Å². The summed E-state index contributed by atoms with van der Waals surface area (Å²) in [5, 5.41) is 0. The summed E-state index contributed by atoms with van der Waals surface area (Å²) in [4.78, 5) is 2.44. The maximum Gasteiger partial charge on any atom is 0.159 e. The quantitative estimate of drug-likeness (QED) is 0.790. The van der Waals surface area contributed by atoms with Crippen LogP contribution in [0.5, 0.6) is 0 Å². The third-order valence-electron chi connectivity index (χ3n) is 5.28. The first-order valence-corrected chi connectivity index (χ1v) is 8.25. The molecule has 1 heterocycles. The van der Waals surface area contributed by atoms with E-state index >= 15 is 0 Å². The third kappa shape index (κ3) is 2.87. The topological polar surface area (TPSA) is 3.24 Å². The van der Waals surface area contributed by atoms with Crippen molar-refractivity contribution in [1.29, 1.82) is 0 Å². The van der Waals surface area contributed by atoms with Gasteiger partial charge in [0.2, 0.25) is 0 Å². The molecule has 0 bridgehead atoms. The molecule has 3 aliphatic rings. The molecule has 3 heteroatoms. The maximum atomic E-state index is 13.4. The molecule has 0 radical (unpaired) electrons. The zero-order valence-corrected chi connectivity index (χ0v) is 12.6. The van der Waals surface area contributed by atoms with Crippen LogP contribution in [-0.2, 0) is 0 Å². The highest BCUT2D eigenvalue weighted by Crippen LogP contribution is 2.44. The summed E-state index contributed by atoms with van der Waals surface area (Å²) in [6.45, 7) is 3.06. The van der Waals surface area contributed by atoms with E-state index in [0.717, 1.165) is 49.9 Å². The van der Waals surface area contributed by atoms with E-state index in [1.807, 2.05) is 0 Å². The van der Waals surface area contributed by atoms with Gasteiger partial charge in [0, 0.05) is 14.5 Å². The van der Waals surface area contributed by atoms with Gasteiger partial charge in [-0.25, -0.2) is 8.78 Å². The first kappa shape index (κ1) is 14.1. The number of fused-ring (bicyclic) bond motifs is 1. The van der Waals surface area contributed by atoms with Gasteiger partial charge in [-0.3, -0.25) is 0 Å². The van der Waals surface area contributed by atoms with Gasteiger partial charge in [0.1, 0.15) is 0 Å². The minimum Gasteiger partial charge on any atom is -0.302 e. The molecule has 118 valence electrons. The Hall–Kier alpha value is -1.48. The average molecular weight is 303 g/mol. The Morgan fingerprint density at radius 3 is 2.91 bits per heavy atom. The highest BCUT2D eigenvalue weighted by Gasteiger charge is 2.34. The van der Waals surface area contributed by atoms with Crippen molar-refractivity contribution in [2.45, 2.75) is 25.2 Å². The number of hydrogen-bond acceptors (Lipinski definition) is 1. The Balaban J connectivity index is 0.00000156. The van der Waals surface area contributed by atoms with E-state index in [9.17, 15) is 8.78 Å². The van der Waals surface area contributed by atoms with E-state index in [2.05, 4.69) is 23.1 Å². The standard InChI is InChI=1S/C19H21F2N.H2/c20-18-4-3-15(11-19(18)21)16-6-8-22(12-16)7-5-13-1-2-14-10-17(14)9-13;/h1-4,9,11,14,16-17H,5-8,10,12H2;1H/t14?,16-,17?;/m0./s1. The second-order valence-corrected chi connectivity index (χ2v) is 6.87. The summed E-state index contributed by atoms with van der Waals surface area (Å²) >= 11 is 0. The van der Waals surface area contributed by atoms with Gasteiger partial charge in [-0.1, -0.05) is 29.9 Å². The van der Waals surface area contributed by atoms with Crippen LogP contribution in [0, 0.1) is 23.5 Å². The van der Waals surface area contributed by atoms with Crippen molar-refractivity contribution in [1.82, 2.24) is 4.90 Å². The first-order valence-electron chi connectivity index (χ1n) is 8.25. The molecule has 1 saturated heterocycles. The number of hydrogen-bond donors (Lipinski definition) is 0. The number of benzene rings is 1. The van der Waals surface area contributed by atoms with Crippen LogP contribution in [0.3, 0.4) is 0 Å². The first-order chi connectivity index (χ1) is 10.7. The lowest BCUT2D eigenvalue weighted by molar-refractivity contribution is 0.339. The zero-order valence-electron chi connectivity index (χ0n) is 12.6. The predicted octanol–water partition coefficient (Wildman–Crippen LogP) is 4.52. The van der Waals surface area contributed by atoms with Crippen molar-refractivity contribution in [2.24, 2.45) is 11.8 Å². The van der Waals surface area contributed by atoms with E-state index in [-0.39, 0.29) is 1.43 Å². The Kier molecular flexibility index (Phi) is 3.61. The fraction of sp³-hybridized carbons (Fsp3) is 0.474. The van der Waals surface area contributed by atoms with Crippen LogP contribution >= 0.6 is 0 Å². The molecule has 2 fully saturated rings. The van der Waals surface area contributed by atoms with E-state index in [4.69, 9.17) is 0 Å². The number of halogens is 2. The van der Waals surface area contributed by atoms with Crippen LogP contribution in [0.25, 0.3) is 0 Å². The summed E-state index contributed by atoms with van der Waals surface area (Å²) < 4.78 is 26.4. The molecule has 1 saturated carbocycles. The third-order valence-corrected chi connectivity index (χ3v) is 5.28. The summed E-state index contributed by atoms with van der Waals surface area (Å²) in [5.41, 5.74) is 2.40. The van der Waals surface area contributed by atoms with Crippen LogP contribution in [-0.4, -0.2) is 24.5 Å². The predicted molar refractivity (Wildman–Crippen MR) is 85.7 cm³/mol. The monoisotopic (exact) mass is 303 g/mol. The van der Waals surface area contributed by atoms with Gasteiger partial charge in [0.05, 0.1) is 0 Å². The Morgan fingerprint density at radius 1 is 1.18 bits per heavy atom. The maximum absolute atomic E-state index is 13.4. The highest BCUT2D eigenvalue weighted by molar-refractivity contribution is 5.31. The molecule has 2 unspecified atom stereocenters. The minimum atomic E-state index is -0.756. The minimum absolute atomic E-state index is 0. The number of likely N-dealkylation sites (tertiary alicyclic amines) is 1. The van der Waals surface area contributed by atoms with Gasteiger partial charge in [0.25, 0.3) is 0 Å². The SMILES string of the molecule is Fc1ccc([C@H]2CCN(CCC3=CC4CC4C=C3)C2)cc1F.[HH]. The summed E-state index contributed by atoms with van der Waals surface area (Å²) in [6, 6.07) is 4.34. The number of rotatable bonds is 4. The van der Waals surface area contributed by atoms with E-state index in [1.165, 1.54) is 24.1 Å². The second-order valence-electron chi connectivity index (χ2n) is 6.87. The highest BCUT2D eigenvalue weighted by atomic mass is 19.2. The van der Waals surface area contributed by atoms with Crippen LogP contribution < -0.4 is 0 Å². The molecule has 1 aromatic carbocycles. The van der Waals surface area contributed by atoms with Crippen LogP contribution in [0.4, 0.5) is 8.78 Å². The molecule has 0 N–H and O–H groups in total. The molecule has 22 heavy (non-hydrogen) atoms. The molecular weight excluding hydrogens is 280 g/mol. The van der Waals surface area contributed by atoms with Crippen molar-refractivity contribution in [3.8, 4) is 0 Å². The van der Waals surface area contributed by atoms with Gasteiger partial charge in [-0.05, 0) is 61.3 Å². The van der Waals surface area contributed by atoms with Crippen LogP contribution in [0.1, 0.15) is 32.2 Å². The van der Waals surface area contributed by atoms with Crippen LogP contribution in [0.2, 0.25) is 0 Å². The van der Waals surface area contributed by atoms with Crippen molar-refractivity contribution in [3.63, 3.8) is 0 Å². The lowest BCUT2D eigenvalue weighted by Gasteiger charge is -2.17. The molecule has 1 aliphatic heterocycles. The van der Waals surface area contributed by atoms with Gasteiger partial charge in [-0.15, -0.1) is 0 Å². The van der Waals surface area contributed by atoms with Crippen molar-refractivity contribution in [2.75, 3.05) is 19.6 Å². The summed E-state index contributed by atoms with van der Waals surface area (Å²) in [5.74, 6) is 0.487. The molecule has 2 aliphatic carbocycles. The molecule has 4 rings (SSSR count). The Bertz CT molecular complexity index is 640. The molecule has 0 amide bonds. The lowest BCUT2D eigenvalue weighted by Crippen LogP contribution is -2.22. The Morgan fingerprint density at radius 2 is 2.09 bits per heavy atom. The molecular formula is C19H23F2N. The summed E-state index contributed by atoms with van der Waals surface area (Å²) in [7, 11) is 0. The molecule has 0 spiro atoms. The van der Waals surface area contributed by atoms with Gasteiger partial charge in [-0.2, -0.15) is 0 Å². The molecule has 1 aromatic rings. The molecule has 3 atom stereocenters. The van der Waals surface area contributed by atoms with E-state index in [0.29, 0.717) is 5.92 Å². The average Bonchev–Trinajstić information content (AvgIpc) is 3.14. The Labute approximate surface area is 131 Å². The largest absolute Gasteiger partial charge is 0.302 e. The fourth-order valence-corrected chi connectivity index (χ4v) is 3.75. The summed E-state index contributed by atoms with van der Waals surface area (Å²) in [6.07, 6.45) is 10.6. The number of allylic oxidation sites excluding steroid dienone is 3. The fourth-order valence-electron chi connectivity index (χ4n) is 3.75. The zero-order chi connectivity index (χ0) is 15.1. The van der Waals surface area contributed by atoms with Gasteiger partial charge >= 0.3 is 0 Å². The normalized spacial score (nSPS) is 30.3. The number of nitrogens with zero attached hydrogens (tertiary/aromatic N) is 1. The van der Waals surface area contributed by atoms with Gasteiger partial charge in [0.15, 0.2) is 11.6 Å². The lowest BCUT2D eigenvalue weighted by atomic mass is 9.98. The van der Waals surface area contributed by atoms with Crippen LogP contribution in [0.15, 0.2) is 42.0 Å². The molecule has 1 nitrogen and oxygen atoms in total. The molecule has 0 aromatic heterocycles. The smallest absolute Gasteiger partial charge is 0.159 e. The van der Waals surface area contributed by atoms with Gasteiger partial charge < -0.3 is 4.90 Å². The van der Waals surface area contributed by atoms with Crippen molar-refractivity contribution >= 4 is 0 Å². The second kappa shape index (κ2) is 5.62. The van der Waals surface area contributed by atoms with Crippen molar-refractivity contribution < 1.29 is 10.2 Å². The van der Waals surface area contributed by atoms with E-state index in [1.54, 1.807) is 6.07 Å². The van der Waals surface area contributed by atoms with Crippen molar-refractivity contribution in [3.05, 3.63) is 59.2 Å².